The standard InChI is InChI=1S/C31H42N4O2/c1-8-10-13-24-15-17-25(18-16-24)30(37)34(19-9-2)21-29(36)32-28-20-27(31(5,6)7)33-35(28)26-14-11-12-22(3)23(26)4/h11-12,14-18,20H,8-10,13,19,21H2,1-7H3,(H,32,36). The highest BCUT2D eigenvalue weighted by atomic mass is 16.2. The number of amides is 2. The second-order valence-corrected chi connectivity index (χ2v) is 10.9. The molecule has 37 heavy (non-hydrogen) atoms. The molecular weight excluding hydrogens is 460 g/mol. The van der Waals surface area contributed by atoms with Crippen LogP contribution >= 0.6 is 0 Å². The van der Waals surface area contributed by atoms with Gasteiger partial charge in [0.2, 0.25) is 5.91 Å². The lowest BCUT2D eigenvalue weighted by Crippen LogP contribution is -2.38. The van der Waals surface area contributed by atoms with Gasteiger partial charge in [-0.2, -0.15) is 5.10 Å². The Balaban J connectivity index is 1.83. The van der Waals surface area contributed by atoms with Crippen molar-refractivity contribution < 1.29 is 9.59 Å². The van der Waals surface area contributed by atoms with E-state index in [0.717, 1.165) is 48.2 Å². The summed E-state index contributed by atoms with van der Waals surface area (Å²) >= 11 is 0. The van der Waals surface area contributed by atoms with Crippen LogP contribution in [0.3, 0.4) is 0 Å². The average molecular weight is 503 g/mol. The number of aromatic nitrogens is 2. The van der Waals surface area contributed by atoms with Gasteiger partial charge < -0.3 is 10.2 Å². The van der Waals surface area contributed by atoms with Crippen molar-refractivity contribution in [3.8, 4) is 5.69 Å². The number of rotatable bonds is 10. The highest BCUT2D eigenvalue weighted by molar-refractivity contribution is 5.99. The van der Waals surface area contributed by atoms with Crippen LogP contribution < -0.4 is 5.32 Å². The average Bonchev–Trinajstić information content (AvgIpc) is 3.28. The van der Waals surface area contributed by atoms with Crippen LogP contribution in [-0.2, 0) is 16.6 Å². The van der Waals surface area contributed by atoms with Gasteiger partial charge in [0.25, 0.3) is 5.91 Å². The van der Waals surface area contributed by atoms with E-state index in [-0.39, 0.29) is 23.8 Å². The van der Waals surface area contributed by atoms with Crippen molar-refractivity contribution in [2.24, 2.45) is 0 Å². The van der Waals surface area contributed by atoms with E-state index in [2.05, 4.69) is 52.9 Å². The van der Waals surface area contributed by atoms with Gasteiger partial charge in [-0.3, -0.25) is 9.59 Å². The zero-order valence-electron chi connectivity index (χ0n) is 23.5. The van der Waals surface area contributed by atoms with Gasteiger partial charge in [0, 0.05) is 23.6 Å². The molecule has 0 atom stereocenters. The predicted molar refractivity (Wildman–Crippen MR) is 152 cm³/mol. The largest absolute Gasteiger partial charge is 0.329 e. The molecule has 3 rings (SSSR count). The molecule has 0 aliphatic carbocycles. The molecule has 0 fully saturated rings. The van der Waals surface area contributed by atoms with Crippen LogP contribution in [0.4, 0.5) is 5.82 Å². The van der Waals surface area contributed by atoms with Crippen LogP contribution in [0, 0.1) is 13.8 Å². The van der Waals surface area contributed by atoms with E-state index in [0.29, 0.717) is 17.9 Å². The van der Waals surface area contributed by atoms with Gasteiger partial charge in [-0.15, -0.1) is 0 Å². The van der Waals surface area contributed by atoms with Crippen LogP contribution in [0.25, 0.3) is 5.69 Å². The number of hydrogen-bond donors (Lipinski definition) is 1. The van der Waals surface area contributed by atoms with Gasteiger partial charge in [0.15, 0.2) is 0 Å². The van der Waals surface area contributed by atoms with Crippen molar-refractivity contribution >= 4 is 17.6 Å². The van der Waals surface area contributed by atoms with Crippen LogP contribution in [0.5, 0.6) is 0 Å². The summed E-state index contributed by atoms with van der Waals surface area (Å²) in [5, 5.41) is 7.90. The first-order valence-corrected chi connectivity index (χ1v) is 13.4. The lowest BCUT2D eigenvalue weighted by atomic mass is 9.92. The number of carbonyl (C=O) groups excluding carboxylic acids is 2. The molecule has 2 aromatic carbocycles. The van der Waals surface area contributed by atoms with Crippen molar-refractivity contribution in [1.29, 1.82) is 0 Å². The van der Waals surface area contributed by atoms with Gasteiger partial charge in [-0.1, -0.05) is 65.3 Å². The Kier molecular flexibility index (Phi) is 9.30. The van der Waals surface area contributed by atoms with Crippen molar-refractivity contribution in [2.75, 3.05) is 18.4 Å². The Labute approximate surface area is 222 Å². The third kappa shape index (κ3) is 7.09. The number of nitrogens with zero attached hydrogens (tertiary/aromatic N) is 3. The summed E-state index contributed by atoms with van der Waals surface area (Å²) in [4.78, 5) is 28.2. The number of unbranched alkanes of at least 4 members (excludes halogenated alkanes) is 1. The molecule has 1 aromatic heterocycles. The van der Waals surface area contributed by atoms with Crippen molar-refractivity contribution in [3.05, 3.63) is 76.5 Å². The topological polar surface area (TPSA) is 67.2 Å². The summed E-state index contributed by atoms with van der Waals surface area (Å²) in [6.07, 6.45) is 4.05. The third-order valence-corrected chi connectivity index (χ3v) is 6.68. The molecule has 0 bridgehead atoms. The molecule has 0 radical (unpaired) electrons. The van der Waals surface area contributed by atoms with Gasteiger partial charge in [0.1, 0.15) is 12.4 Å². The van der Waals surface area contributed by atoms with Gasteiger partial charge in [-0.25, -0.2) is 4.68 Å². The first-order chi connectivity index (χ1) is 17.5. The number of carbonyl (C=O) groups is 2. The SMILES string of the molecule is CCCCc1ccc(C(=O)N(CCC)CC(=O)Nc2cc(C(C)(C)C)nn2-c2cccc(C)c2C)cc1. The van der Waals surface area contributed by atoms with E-state index in [1.165, 1.54) is 5.56 Å². The Morgan fingerprint density at radius 2 is 1.70 bits per heavy atom. The van der Waals surface area contributed by atoms with E-state index in [9.17, 15) is 9.59 Å². The van der Waals surface area contributed by atoms with E-state index < -0.39 is 0 Å². The fraction of sp³-hybridized carbons (Fsp3) is 0.452. The third-order valence-electron chi connectivity index (χ3n) is 6.68. The molecular formula is C31H42N4O2. The quantitative estimate of drug-likeness (QED) is 0.339. The maximum atomic E-state index is 13.3. The second-order valence-electron chi connectivity index (χ2n) is 10.9. The monoisotopic (exact) mass is 502 g/mol. The molecule has 2 amide bonds. The van der Waals surface area contributed by atoms with Crippen LogP contribution in [0.15, 0.2) is 48.5 Å². The van der Waals surface area contributed by atoms with Crippen molar-refractivity contribution in [2.45, 2.75) is 79.6 Å². The molecule has 0 aliphatic rings. The Morgan fingerprint density at radius 1 is 1.00 bits per heavy atom. The van der Waals surface area contributed by atoms with Gasteiger partial charge >= 0.3 is 0 Å². The minimum atomic E-state index is -0.242. The van der Waals surface area contributed by atoms with Gasteiger partial charge in [0.05, 0.1) is 11.4 Å². The normalized spacial score (nSPS) is 11.4. The number of benzene rings is 2. The van der Waals surface area contributed by atoms with E-state index in [1.54, 1.807) is 4.90 Å². The molecule has 6 heteroatoms. The van der Waals surface area contributed by atoms with Crippen molar-refractivity contribution in [1.82, 2.24) is 14.7 Å². The molecule has 0 saturated heterocycles. The second kappa shape index (κ2) is 12.2. The zero-order valence-corrected chi connectivity index (χ0v) is 23.5. The summed E-state index contributed by atoms with van der Waals surface area (Å²) in [6, 6.07) is 15.8. The van der Waals surface area contributed by atoms with Crippen LogP contribution in [0.2, 0.25) is 0 Å². The smallest absolute Gasteiger partial charge is 0.254 e. The number of aryl methyl sites for hydroxylation is 2. The highest BCUT2D eigenvalue weighted by Crippen LogP contribution is 2.28. The van der Waals surface area contributed by atoms with E-state index in [4.69, 9.17) is 5.10 Å². The minimum Gasteiger partial charge on any atom is -0.329 e. The molecule has 3 aromatic rings. The maximum absolute atomic E-state index is 13.3. The van der Waals surface area contributed by atoms with E-state index >= 15 is 0 Å². The van der Waals surface area contributed by atoms with Crippen LogP contribution in [-0.4, -0.2) is 39.6 Å². The van der Waals surface area contributed by atoms with Crippen molar-refractivity contribution in [3.63, 3.8) is 0 Å². The molecule has 198 valence electrons. The molecule has 6 nitrogen and oxygen atoms in total. The Morgan fingerprint density at radius 3 is 2.32 bits per heavy atom. The Bertz CT molecular complexity index is 1220. The zero-order chi connectivity index (χ0) is 27.2. The number of hydrogen-bond acceptors (Lipinski definition) is 3. The summed E-state index contributed by atoms with van der Waals surface area (Å²) < 4.78 is 1.81. The first kappa shape index (κ1) is 28.2. The summed E-state index contributed by atoms with van der Waals surface area (Å²) in [6.45, 7) is 15.1. The minimum absolute atomic E-state index is 0.0207. The fourth-order valence-corrected chi connectivity index (χ4v) is 4.24. The molecule has 0 aliphatic heterocycles. The van der Waals surface area contributed by atoms with Crippen LogP contribution in [0.1, 0.15) is 86.6 Å². The van der Waals surface area contributed by atoms with E-state index in [1.807, 2.05) is 54.1 Å². The van der Waals surface area contributed by atoms with Gasteiger partial charge in [-0.05, 0) is 68.0 Å². The molecule has 1 N–H and O–H groups in total. The molecule has 0 saturated carbocycles. The summed E-state index contributed by atoms with van der Waals surface area (Å²) in [5.41, 5.74) is 5.72. The molecule has 0 spiro atoms. The molecule has 1 heterocycles. The lowest BCUT2D eigenvalue weighted by molar-refractivity contribution is -0.116. The summed E-state index contributed by atoms with van der Waals surface area (Å²) in [5.74, 6) is 0.235. The number of anilines is 1. The Hall–Kier alpha value is -3.41. The predicted octanol–water partition coefficient (Wildman–Crippen LogP) is 6.62. The summed E-state index contributed by atoms with van der Waals surface area (Å²) in [7, 11) is 0. The fourth-order valence-electron chi connectivity index (χ4n) is 4.24. The first-order valence-electron chi connectivity index (χ1n) is 13.4. The molecule has 0 unspecified atom stereocenters. The highest BCUT2D eigenvalue weighted by Gasteiger charge is 2.24. The number of nitrogens with one attached hydrogen (secondary N) is 1. The maximum Gasteiger partial charge on any atom is 0.254 e. The lowest BCUT2D eigenvalue weighted by Gasteiger charge is -2.22.